The van der Waals surface area contributed by atoms with E-state index in [1.807, 2.05) is 18.3 Å². The van der Waals surface area contributed by atoms with E-state index in [0.29, 0.717) is 6.54 Å². The van der Waals surface area contributed by atoms with E-state index in [4.69, 9.17) is 14.5 Å². The zero-order valence-electron chi connectivity index (χ0n) is 18.2. The Morgan fingerprint density at radius 3 is 2.63 bits per heavy atom. The Morgan fingerprint density at radius 2 is 2.00 bits per heavy atom. The Morgan fingerprint density at radius 1 is 1.23 bits per heavy atom. The number of nitrogens with one attached hydrogen (secondary N) is 2. The maximum absolute atomic E-state index is 5.56. The summed E-state index contributed by atoms with van der Waals surface area (Å²) >= 11 is 1.73. The zero-order valence-corrected chi connectivity index (χ0v) is 19.0. The molecule has 1 unspecified atom stereocenters. The number of hydrogen-bond acceptors (Lipinski definition) is 6. The van der Waals surface area contributed by atoms with Crippen LogP contribution >= 0.6 is 11.3 Å². The van der Waals surface area contributed by atoms with Gasteiger partial charge in [-0.05, 0) is 31.0 Å². The van der Waals surface area contributed by atoms with Crippen LogP contribution < -0.4 is 15.4 Å². The lowest BCUT2D eigenvalue weighted by atomic mass is 10.0. The number of aliphatic imine (C=N–C) groups is 1. The SMILES string of the molecule is CCNC(=NCc1ncc(CC)s1)NCC(c1ccc(OC)cc1)N1CCOCC1. The summed E-state index contributed by atoms with van der Waals surface area (Å²) in [4.78, 5) is 13.0. The van der Waals surface area contributed by atoms with Crippen molar-refractivity contribution < 1.29 is 9.47 Å². The third-order valence-corrected chi connectivity index (χ3v) is 6.24. The molecule has 0 saturated carbocycles. The number of ether oxygens (including phenoxy) is 2. The van der Waals surface area contributed by atoms with E-state index in [9.17, 15) is 0 Å². The summed E-state index contributed by atoms with van der Waals surface area (Å²) in [7, 11) is 1.70. The van der Waals surface area contributed by atoms with Crippen LogP contribution in [-0.4, -0.2) is 62.3 Å². The van der Waals surface area contributed by atoms with Crippen molar-refractivity contribution in [1.29, 1.82) is 0 Å². The molecule has 1 aliphatic heterocycles. The van der Waals surface area contributed by atoms with E-state index in [2.05, 4.69) is 46.5 Å². The molecule has 1 fully saturated rings. The number of morpholine rings is 1. The van der Waals surface area contributed by atoms with Crippen LogP contribution in [0.1, 0.15) is 35.3 Å². The minimum Gasteiger partial charge on any atom is -0.497 e. The molecule has 1 aromatic heterocycles. The van der Waals surface area contributed by atoms with Gasteiger partial charge in [-0.3, -0.25) is 4.90 Å². The molecular weight excluding hydrogens is 398 g/mol. The van der Waals surface area contributed by atoms with E-state index in [-0.39, 0.29) is 6.04 Å². The van der Waals surface area contributed by atoms with Crippen LogP contribution in [0.4, 0.5) is 0 Å². The molecule has 8 heteroatoms. The van der Waals surface area contributed by atoms with Crippen LogP contribution in [0.3, 0.4) is 0 Å². The maximum atomic E-state index is 5.56. The van der Waals surface area contributed by atoms with Gasteiger partial charge >= 0.3 is 0 Å². The summed E-state index contributed by atoms with van der Waals surface area (Å²) in [5, 5.41) is 7.94. The van der Waals surface area contributed by atoms with Crippen molar-refractivity contribution >= 4 is 17.3 Å². The molecule has 164 valence electrons. The molecule has 2 heterocycles. The van der Waals surface area contributed by atoms with E-state index in [1.54, 1.807) is 18.4 Å². The van der Waals surface area contributed by atoms with Gasteiger partial charge in [-0.25, -0.2) is 9.98 Å². The fourth-order valence-corrected chi connectivity index (χ4v) is 4.23. The number of nitrogens with zero attached hydrogens (tertiary/aromatic N) is 3. The smallest absolute Gasteiger partial charge is 0.191 e. The van der Waals surface area contributed by atoms with Gasteiger partial charge in [0.25, 0.3) is 0 Å². The molecule has 1 aromatic carbocycles. The molecule has 3 rings (SSSR count). The topological polar surface area (TPSA) is 71.0 Å². The first-order chi connectivity index (χ1) is 14.7. The third-order valence-electron chi connectivity index (χ3n) is 5.12. The highest BCUT2D eigenvalue weighted by Gasteiger charge is 2.23. The fourth-order valence-electron chi connectivity index (χ4n) is 3.44. The van der Waals surface area contributed by atoms with Crippen molar-refractivity contribution in [3.63, 3.8) is 0 Å². The summed E-state index contributed by atoms with van der Waals surface area (Å²) in [6.07, 6.45) is 2.97. The molecule has 1 atom stereocenters. The second-order valence-corrected chi connectivity index (χ2v) is 8.29. The molecule has 0 bridgehead atoms. The third kappa shape index (κ3) is 6.42. The highest BCUT2D eigenvalue weighted by atomic mass is 32.1. The van der Waals surface area contributed by atoms with Gasteiger partial charge in [0.05, 0.1) is 32.9 Å². The molecule has 1 aliphatic rings. The van der Waals surface area contributed by atoms with Crippen LogP contribution in [-0.2, 0) is 17.7 Å². The number of hydrogen-bond donors (Lipinski definition) is 2. The van der Waals surface area contributed by atoms with E-state index in [0.717, 1.165) is 62.5 Å². The highest BCUT2D eigenvalue weighted by molar-refractivity contribution is 7.11. The second-order valence-electron chi connectivity index (χ2n) is 7.09. The lowest BCUT2D eigenvalue weighted by Crippen LogP contribution is -2.46. The molecule has 0 aliphatic carbocycles. The van der Waals surface area contributed by atoms with E-state index < -0.39 is 0 Å². The molecule has 0 amide bonds. The second kappa shape index (κ2) is 11.9. The number of methoxy groups -OCH3 is 1. The normalized spacial score (nSPS) is 16.3. The van der Waals surface area contributed by atoms with Crippen LogP contribution in [0.5, 0.6) is 5.75 Å². The van der Waals surface area contributed by atoms with Crippen molar-refractivity contribution in [1.82, 2.24) is 20.5 Å². The number of benzene rings is 1. The maximum Gasteiger partial charge on any atom is 0.191 e. The summed E-state index contributed by atoms with van der Waals surface area (Å²) in [5.41, 5.74) is 1.26. The first kappa shape index (κ1) is 22.5. The van der Waals surface area contributed by atoms with Crippen LogP contribution in [0.2, 0.25) is 0 Å². The highest BCUT2D eigenvalue weighted by Crippen LogP contribution is 2.23. The predicted molar refractivity (Wildman–Crippen MR) is 122 cm³/mol. The molecule has 0 radical (unpaired) electrons. The van der Waals surface area contributed by atoms with Crippen molar-refractivity contribution in [2.24, 2.45) is 4.99 Å². The van der Waals surface area contributed by atoms with Gasteiger partial charge in [-0.2, -0.15) is 0 Å². The van der Waals surface area contributed by atoms with Gasteiger partial charge in [0.2, 0.25) is 0 Å². The molecule has 2 N–H and O–H groups in total. The molecular formula is C22H33N5O2S. The fraction of sp³-hybridized carbons (Fsp3) is 0.545. The summed E-state index contributed by atoms with van der Waals surface area (Å²) in [5.74, 6) is 1.69. The standard InChI is InChI=1S/C22H33N5O2S/c1-4-19-14-24-21(30-19)16-26-22(23-5-2)25-15-20(27-10-12-29-13-11-27)17-6-8-18(28-3)9-7-17/h6-9,14,20H,4-5,10-13,15-16H2,1-3H3,(H2,23,25,26). The average Bonchev–Trinajstić information content (AvgIpc) is 3.27. The van der Waals surface area contributed by atoms with Gasteiger partial charge < -0.3 is 20.1 Å². The van der Waals surface area contributed by atoms with Crippen LogP contribution in [0.15, 0.2) is 35.5 Å². The first-order valence-electron chi connectivity index (χ1n) is 10.6. The monoisotopic (exact) mass is 431 g/mol. The summed E-state index contributed by atoms with van der Waals surface area (Å²) in [6.45, 7) is 9.77. The molecule has 1 saturated heterocycles. The number of aryl methyl sites for hydroxylation is 1. The first-order valence-corrected chi connectivity index (χ1v) is 11.5. The summed E-state index contributed by atoms with van der Waals surface area (Å²) in [6, 6.07) is 8.57. The van der Waals surface area contributed by atoms with Gasteiger partial charge in [-0.15, -0.1) is 11.3 Å². The minimum atomic E-state index is 0.232. The quantitative estimate of drug-likeness (QED) is 0.470. The molecule has 7 nitrogen and oxygen atoms in total. The lowest BCUT2D eigenvalue weighted by Gasteiger charge is -2.35. The zero-order chi connectivity index (χ0) is 21.2. The number of aromatic nitrogens is 1. The van der Waals surface area contributed by atoms with Gasteiger partial charge in [-0.1, -0.05) is 19.1 Å². The van der Waals surface area contributed by atoms with E-state index in [1.165, 1.54) is 10.4 Å². The van der Waals surface area contributed by atoms with Crippen LogP contribution in [0.25, 0.3) is 0 Å². The Bertz CT molecular complexity index is 787. The van der Waals surface area contributed by atoms with Crippen molar-refractivity contribution in [3.8, 4) is 5.75 Å². The largest absolute Gasteiger partial charge is 0.497 e. The molecule has 30 heavy (non-hydrogen) atoms. The Kier molecular flexibility index (Phi) is 8.92. The molecule has 2 aromatic rings. The van der Waals surface area contributed by atoms with Gasteiger partial charge in [0.15, 0.2) is 5.96 Å². The average molecular weight is 432 g/mol. The Hall–Kier alpha value is -2.16. The minimum absolute atomic E-state index is 0.232. The molecule has 0 spiro atoms. The van der Waals surface area contributed by atoms with Gasteiger partial charge in [0.1, 0.15) is 10.8 Å². The van der Waals surface area contributed by atoms with Gasteiger partial charge in [0, 0.05) is 37.3 Å². The number of rotatable bonds is 9. The Balaban J connectivity index is 1.69. The predicted octanol–water partition coefficient (Wildman–Crippen LogP) is 2.84. The number of guanidine groups is 1. The summed E-state index contributed by atoms with van der Waals surface area (Å²) < 4.78 is 10.9. The van der Waals surface area contributed by atoms with Crippen molar-refractivity contribution in [2.75, 3.05) is 46.5 Å². The number of thiazole rings is 1. The van der Waals surface area contributed by atoms with Crippen molar-refractivity contribution in [2.45, 2.75) is 32.9 Å². The van der Waals surface area contributed by atoms with E-state index >= 15 is 0 Å². The van der Waals surface area contributed by atoms with Crippen molar-refractivity contribution in [3.05, 3.63) is 45.9 Å². The Labute approximate surface area is 183 Å². The lowest BCUT2D eigenvalue weighted by molar-refractivity contribution is 0.0170. The van der Waals surface area contributed by atoms with Crippen LogP contribution in [0, 0.1) is 0 Å².